The highest BCUT2D eigenvalue weighted by Gasteiger charge is 2.30. The van der Waals surface area contributed by atoms with Gasteiger partial charge in [-0.15, -0.1) is 0 Å². The smallest absolute Gasteiger partial charge is 0.259 e. The van der Waals surface area contributed by atoms with Crippen molar-refractivity contribution >= 4 is 17.5 Å². The molecular formula is C23H23ClFN3O2. The van der Waals surface area contributed by atoms with Gasteiger partial charge in [-0.3, -0.25) is 9.69 Å². The summed E-state index contributed by atoms with van der Waals surface area (Å²) in [5.41, 5.74) is 3.08. The van der Waals surface area contributed by atoms with Crippen LogP contribution in [-0.2, 0) is 6.54 Å². The molecule has 0 unspecified atom stereocenters. The summed E-state index contributed by atoms with van der Waals surface area (Å²) in [5, 5.41) is 4.14. The van der Waals surface area contributed by atoms with Gasteiger partial charge in [-0.05, 0) is 37.1 Å². The lowest BCUT2D eigenvalue weighted by Gasteiger charge is -2.35. The zero-order valence-corrected chi connectivity index (χ0v) is 17.7. The van der Waals surface area contributed by atoms with Crippen molar-refractivity contribution in [3.05, 3.63) is 75.8 Å². The van der Waals surface area contributed by atoms with E-state index in [1.54, 1.807) is 17.9 Å². The van der Waals surface area contributed by atoms with E-state index in [-0.39, 0.29) is 27.8 Å². The first-order chi connectivity index (χ1) is 14.5. The van der Waals surface area contributed by atoms with Crippen LogP contribution in [0, 0.1) is 19.7 Å². The number of aryl methyl sites for hydroxylation is 2. The number of amides is 1. The highest BCUT2D eigenvalue weighted by molar-refractivity contribution is 6.33. The number of aromatic nitrogens is 1. The van der Waals surface area contributed by atoms with E-state index in [1.165, 1.54) is 23.3 Å². The van der Waals surface area contributed by atoms with Crippen LogP contribution in [0.25, 0.3) is 11.3 Å². The van der Waals surface area contributed by atoms with Gasteiger partial charge in [0.2, 0.25) is 0 Å². The van der Waals surface area contributed by atoms with Gasteiger partial charge in [-0.2, -0.15) is 0 Å². The molecule has 0 N–H and O–H groups in total. The molecule has 5 nitrogen and oxygen atoms in total. The molecule has 0 aliphatic carbocycles. The number of nitrogens with zero attached hydrogens (tertiary/aromatic N) is 3. The van der Waals surface area contributed by atoms with Crippen molar-refractivity contribution in [2.75, 3.05) is 26.2 Å². The summed E-state index contributed by atoms with van der Waals surface area (Å²) in [6.45, 7) is 7.32. The van der Waals surface area contributed by atoms with Crippen LogP contribution in [0.2, 0.25) is 5.02 Å². The first-order valence-corrected chi connectivity index (χ1v) is 10.3. The minimum Gasteiger partial charge on any atom is -0.360 e. The molecule has 1 saturated heterocycles. The Morgan fingerprint density at radius 1 is 1.10 bits per heavy atom. The van der Waals surface area contributed by atoms with E-state index in [4.69, 9.17) is 16.1 Å². The van der Waals surface area contributed by atoms with Crippen LogP contribution in [0.5, 0.6) is 0 Å². The number of hydrogen-bond donors (Lipinski definition) is 0. The number of rotatable bonds is 4. The number of benzene rings is 2. The molecule has 156 valence electrons. The van der Waals surface area contributed by atoms with Gasteiger partial charge in [0, 0.05) is 32.7 Å². The van der Waals surface area contributed by atoms with E-state index in [9.17, 15) is 9.18 Å². The summed E-state index contributed by atoms with van der Waals surface area (Å²) >= 11 is 6.19. The molecule has 4 rings (SSSR count). The highest BCUT2D eigenvalue weighted by atomic mass is 35.5. The summed E-state index contributed by atoms with van der Waals surface area (Å²) in [7, 11) is 0. The van der Waals surface area contributed by atoms with Gasteiger partial charge < -0.3 is 9.42 Å². The van der Waals surface area contributed by atoms with Crippen LogP contribution in [0.4, 0.5) is 4.39 Å². The first kappa shape index (κ1) is 20.6. The molecule has 0 spiro atoms. The van der Waals surface area contributed by atoms with Gasteiger partial charge in [-0.25, -0.2) is 4.39 Å². The fourth-order valence-electron chi connectivity index (χ4n) is 3.81. The van der Waals surface area contributed by atoms with Crippen LogP contribution in [-0.4, -0.2) is 47.0 Å². The quantitative estimate of drug-likeness (QED) is 0.605. The van der Waals surface area contributed by atoms with Crippen molar-refractivity contribution in [1.29, 1.82) is 0 Å². The van der Waals surface area contributed by atoms with Crippen molar-refractivity contribution < 1.29 is 13.7 Å². The van der Waals surface area contributed by atoms with Crippen molar-refractivity contribution in [2.24, 2.45) is 0 Å². The Morgan fingerprint density at radius 3 is 2.53 bits per heavy atom. The van der Waals surface area contributed by atoms with E-state index in [0.29, 0.717) is 18.8 Å². The molecule has 0 bridgehead atoms. The number of halogens is 2. The third-order valence-corrected chi connectivity index (χ3v) is 5.91. The maximum Gasteiger partial charge on any atom is 0.259 e. The Hall–Kier alpha value is -2.70. The van der Waals surface area contributed by atoms with Crippen LogP contribution in [0.15, 0.2) is 47.0 Å². The van der Waals surface area contributed by atoms with Crippen molar-refractivity contribution in [3.63, 3.8) is 0 Å². The standard InChI is InChI=1S/C23H23ClFN3O2/c1-15-6-3-4-7-17(15)14-27-10-12-28(13-11-27)23(29)20-16(2)30-26-22(20)21-18(24)8-5-9-19(21)25/h3-9H,10-14H2,1-2H3. The molecule has 1 fully saturated rings. The molecule has 1 aliphatic heterocycles. The van der Waals surface area contributed by atoms with Crippen LogP contribution in [0.3, 0.4) is 0 Å². The summed E-state index contributed by atoms with van der Waals surface area (Å²) in [6, 6.07) is 12.7. The Kier molecular flexibility index (Phi) is 5.88. The third-order valence-electron chi connectivity index (χ3n) is 5.59. The van der Waals surface area contributed by atoms with Gasteiger partial charge in [0.05, 0.1) is 10.6 Å². The first-order valence-electron chi connectivity index (χ1n) is 9.92. The van der Waals surface area contributed by atoms with Gasteiger partial charge in [0.25, 0.3) is 5.91 Å². The number of carbonyl (C=O) groups is 1. The van der Waals surface area contributed by atoms with Gasteiger partial charge in [0.15, 0.2) is 0 Å². The Balaban J connectivity index is 1.50. The molecule has 0 atom stereocenters. The van der Waals surface area contributed by atoms with Gasteiger partial charge in [-0.1, -0.05) is 47.1 Å². The van der Waals surface area contributed by atoms with Gasteiger partial charge >= 0.3 is 0 Å². The fourth-order valence-corrected chi connectivity index (χ4v) is 4.07. The zero-order chi connectivity index (χ0) is 21.3. The van der Waals surface area contributed by atoms with E-state index in [0.717, 1.165) is 19.6 Å². The second-order valence-electron chi connectivity index (χ2n) is 7.55. The third kappa shape index (κ3) is 3.98. The van der Waals surface area contributed by atoms with E-state index in [1.807, 2.05) is 12.1 Å². The zero-order valence-electron chi connectivity index (χ0n) is 17.0. The number of piperazine rings is 1. The maximum atomic E-state index is 14.4. The summed E-state index contributed by atoms with van der Waals surface area (Å²) in [4.78, 5) is 17.4. The lowest BCUT2D eigenvalue weighted by atomic mass is 10.0. The SMILES string of the molecule is Cc1ccccc1CN1CCN(C(=O)c2c(-c3c(F)cccc3Cl)noc2C)CC1. The molecule has 2 heterocycles. The van der Waals surface area contributed by atoms with Crippen molar-refractivity contribution in [3.8, 4) is 11.3 Å². The summed E-state index contributed by atoms with van der Waals surface area (Å²) in [6.07, 6.45) is 0. The summed E-state index contributed by atoms with van der Waals surface area (Å²) < 4.78 is 19.7. The topological polar surface area (TPSA) is 49.6 Å². The number of hydrogen-bond acceptors (Lipinski definition) is 4. The monoisotopic (exact) mass is 427 g/mol. The Labute approximate surface area is 180 Å². The molecule has 1 amide bonds. The van der Waals surface area contributed by atoms with E-state index in [2.05, 4.69) is 29.1 Å². The highest BCUT2D eigenvalue weighted by Crippen LogP contribution is 2.34. The van der Waals surface area contributed by atoms with E-state index >= 15 is 0 Å². The largest absolute Gasteiger partial charge is 0.360 e. The molecule has 7 heteroatoms. The lowest BCUT2D eigenvalue weighted by molar-refractivity contribution is 0.0627. The van der Waals surface area contributed by atoms with Gasteiger partial charge in [0.1, 0.15) is 22.8 Å². The van der Waals surface area contributed by atoms with Crippen LogP contribution >= 0.6 is 11.6 Å². The molecule has 2 aromatic carbocycles. The average molecular weight is 428 g/mol. The normalized spacial score (nSPS) is 14.9. The van der Waals surface area contributed by atoms with Crippen LogP contribution in [0.1, 0.15) is 27.2 Å². The lowest BCUT2D eigenvalue weighted by Crippen LogP contribution is -2.48. The molecule has 30 heavy (non-hydrogen) atoms. The minimum absolute atomic E-state index is 0.0950. The second kappa shape index (κ2) is 8.58. The molecular weight excluding hydrogens is 405 g/mol. The summed E-state index contributed by atoms with van der Waals surface area (Å²) in [5.74, 6) is -0.386. The molecule has 0 radical (unpaired) electrons. The molecule has 1 aromatic heterocycles. The molecule has 0 saturated carbocycles. The van der Waals surface area contributed by atoms with Crippen molar-refractivity contribution in [1.82, 2.24) is 15.0 Å². The molecule has 1 aliphatic rings. The fraction of sp³-hybridized carbons (Fsp3) is 0.304. The Morgan fingerprint density at radius 2 is 1.83 bits per heavy atom. The average Bonchev–Trinajstić information content (AvgIpc) is 3.10. The number of carbonyl (C=O) groups excluding carboxylic acids is 1. The Bertz CT molecular complexity index is 1050. The minimum atomic E-state index is -0.534. The second-order valence-corrected chi connectivity index (χ2v) is 7.96. The predicted molar refractivity (Wildman–Crippen MR) is 114 cm³/mol. The molecule has 3 aromatic rings. The van der Waals surface area contributed by atoms with Crippen LogP contribution < -0.4 is 0 Å². The van der Waals surface area contributed by atoms with Crippen molar-refractivity contribution in [2.45, 2.75) is 20.4 Å². The maximum absolute atomic E-state index is 14.4. The predicted octanol–water partition coefficient (Wildman–Crippen LogP) is 4.71. The van der Waals surface area contributed by atoms with E-state index < -0.39 is 5.82 Å².